The van der Waals surface area contributed by atoms with Gasteiger partial charge in [0.05, 0.1) is 11.3 Å². The van der Waals surface area contributed by atoms with Crippen LogP contribution in [0.1, 0.15) is 5.56 Å². The molecule has 1 rings (SSSR count). The Morgan fingerprint density at radius 1 is 1.31 bits per heavy atom. The van der Waals surface area contributed by atoms with Crippen LogP contribution in [0.15, 0.2) is 18.2 Å². The van der Waals surface area contributed by atoms with Crippen molar-refractivity contribution in [3.8, 4) is 0 Å². The third kappa shape index (κ3) is 2.47. The van der Waals surface area contributed by atoms with E-state index in [-0.39, 0.29) is 0 Å². The molecule has 1 aromatic carbocycles. The molecule has 1 aromatic rings. The first-order chi connectivity index (χ1) is 5.95. The molecule has 0 aromatic heterocycles. The molecule has 0 aliphatic carbocycles. The average Bonchev–Trinajstić information content (AvgIpc) is 2.02. The predicted molar refractivity (Wildman–Crippen MR) is 52.0 cm³/mol. The lowest BCUT2D eigenvalue weighted by Gasteiger charge is -2.09. The standard InChI is InChI=1S/C7H6F3IN2/c8-7(9,10)4-1-2-6(13-12)5(11)3-4/h1-3,13H,12H2. The van der Waals surface area contributed by atoms with Crippen LogP contribution in [0.2, 0.25) is 0 Å². The highest BCUT2D eigenvalue weighted by molar-refractivity contribution is 14.1. The Morgan fingerprint density at radius 3 is 2.31 bits per heavy atom. The minimum atomic E-state index is -4.30. The Labute approximate surface area is 86.4 Å². The number of alkyl halides is 3. The van der Waals surface area contributed by atoms with Crippen LogP contribution >= 0.6 is 22.6 Å². The molecule has 13 heavy (non-hydrogen) atoms. The van der Waals surface area contributed by atoms with Crippen molar-refractivity contribution in [1.29, 1.82) is 0 Å². The maximum absolute atomic E-state index is 12.1. The molecule has 0 aliphatic rings. The van der Waals surface area contributed by atoms with E-state index in [9.17, 15) is 13.2 Å². The van der Waals surface area contributed by atoms with Gasteiger partial charge in [-0.25, -0.2) is 0 Å². The molecule has 0 bridgehead atoms. The number of anilines is 1. The first-order valence-corrected chi connectivity index (χ1v) is 4.36. The van der Waals surface area contributed by atoms with Crippen LogP contribution in [-0.4, -0.2) is 0 Å². The largest absolute Gasteiger partial charge is 0.416 e. The third-order valence-electron chi connectivity index (χ3n) is 1.45. The van der Waals surface area contributed by atoms with Gasteiger partial charge in [-0.05, 0) is 40.8 Å². The van der Waals surface area contributed by atoms with Gasteiger partial charge in [0, 0.05) is 3.57 Å². The molecule has 72 valence electrons. The zero-order chi connectivity index (χ0) is 10.1. The summed E-state index contributed by atoms with van der Waals surface area (Å²) in [5, 5.41) is 0. The van der Waals surface area contributed by atoms with Gasteiger partial charge in [0.15, 0.2) is 0 Å². The highest BCUT2D eigenvalue weighted by Crippen LogP contribution is 2.31. The highest BCUT2D eigenvalue weighted by atomic mass is 127. The summed E-state index contributed by atoms with van der Waals surface area (Å²) < 4.78 is 36.9. The maximum atomic E-state index is 12.1. The van der Waals surface area contributed by atoms with Crippen molar-refractivity contribution in [2.75, 3.05) is 5.43 Å². The number of hydrogen-bond acceptors (Lipinski definition) is 2. The summed E-state index contributed by atoms with van der Waals surface area (Å²) >= 11 is 1.78. The molecule has 0 atom stereocenters. The van der Waals surface area contributed by atoms with Gasteiger partial charge in [-0.1, -0.05) is 0 Å². The second-order valence-electron chi connectivity index (χ2n) is 2.34. The third-order valence-corrected chi connectivity index (χ3v) is 2.34. The molecule has 2 nitrogen and oxygen atoms in total. The van der Waals surface area contributed by atoms with E-state index in [4.69, 9.17) is 5.84 Å². The monoisotopic (exact) mass is 302 g/mol. The molecule has 3 N–H and O–H groups in total. The lowest BCUT2D eigenvalue weighted by molar-refractivity contribution is -0.137. The first kappa shape index (κ1) is 10.6. The molecule has 0 fully saturated rings. The molecule has 6 heteroatoms. The van der Waals surface area contributed by atoms with Gasteiger partial charge in [0.25, 0.3) is 0 Å². The number of hydrazine groups is 1. The van der Waals surface area contributed by atoms with E-state index in [1.165, 1.54) is 6.07 Å². The van der Waals surface area contributed by atoms with E-state index >= 15 is 0 Å². The van der Waals surface area contributed by atoms with Crippen LogP contribution in [0.5, 0.6) is 0 Å². The van der Waals surface area contributed by atoms with Crippen LogP contribution in [0.4, 0.5) is 18.9 Å². The molecular formula is C7H6F3IN2. The van der Waals surface area contributed by atoms with Gasteiger partial charge in [-0.15, -0.1) is 0 Å². The second-order valence-corrected chi connectivity index (χ2v) is 3.50. The van der Waals surface area contributed by atoms with Crippen molar-refractivity contribution in [1.82, 2.24) is 0 Å². The zero-order valence-corrected chi connectivity index (χ0v) is 8.48. The van der Waals surface area contributed by atoms with Crippen molar-refractivity contribution in [3.05, 3.63) is 27.3 Å². The summed E-state index contributed by atoms with van der Waals surface area (Å²) in [5.41, 5.74) is 2.11. The topological polar surface area (TPSA) is 38.0 Å². The fourth-order valence-corrected chi connectivity index (χ4v) is 1.48. The molecule has 0 saturated carbocycles. The van der Waals surface area contributed by atoms with Crippen LogP contribution in [0, 0.1) is 3.57 Å². The average molecular weight is 302 g/mol. The summed E-state index contributed by atoms with van der Waals surface area (Å²) in [5.74, 6) is 5.07. The van der Waals surface area contributed by atoms with Crippen molar-refractivity contribution in [2.24, 2.45) is 5.84 Å². The number of hydrogen-bond donors (Lipinski definition) is 2. The summed E-state index contributed by atoms with van der Waals surface area (Å²) in [6.45, 7) is 0. The van der Waals surface area contributed by atoms with Crippen LogP contribution in [0.3, 0.4) is 0 Å². The fourth-order valence-electron chi connectivity index (χ4n) is 0.808. The number of halogens is 4. The quantitative estimate of drug-likeness (QED) is 0.475. The summed E-state index contributed by atoms with van der Waals surface area (Å²) in [6.07, 6.45) is -4.30. The van der Waals surface area contributed by atoms with E-state index in [0.717, 1.165) is 12.1 Å². The lowest BCUT2D eigenvalue weighted by Crippen LogP contribution is -2.10. The number of nitrogens with two attached hydrogens (primary N) is 1. The maximum Gasteiger partial charge on any atom is 0.416 e. The van der Waals surface area contributed by atoms with Crippen molar-refractivity contribution < 1.29 is 13.2 Å². The fraction of sp³-hybridized carbons (Fsp3) is 0.143. The number of benzene rings is 1. The van der Waals surface area contributed by atoms with Gasteiger partial charge >= 0.3 is 6.18 Å². The van der Waals surface area contributed by atoms with Gasteiger partial charge in [0.1, 0.15) is 0 Å². The molecule has 0 saturated heterocycles. The van der Waals surface area contributed by atoms with Gasteiger partial charge < -0.3 is 5.43 Å². The normalized spacial score (nSPS) is 11.5. The van der Waals surface area contributed by atoms with E-state index in [1.807, 2.05) is 0 Å². The second kappa shape index (κ2) is 3.70. The minimum absolute atomic E-state index is 0.440. The van der Waals surface area contributed by atoms with Crippen LogP contribution in [-0.2, 0) is 6.18 Å². The minimum Gasteiger partial charge on any atom is -0.323 e. The van der Waals surface area contributed by atoms with Crippen LogP contribution in [0.25, 0.3) is 0 Å². The van der Waals surface area contributed by atoms with E-state index in [1.54, 1.807) is 22.6 Å². The number of nitrogens with one attached hydrogen (secondary N) is 1. The molecule has 0 heterocycles. The Bertz CT molecular complexity index is 311. The van der Waals surface area contributed by atoms with E-state index in [2.05, 4.69) is 5.43 Å². The van der Waals surface area contributed by atoms with Gasteiger partial charge in [-0.2, -0.15) is 13.2 Å². The highest BCUT2D eigenvalue weighted by Gasteiger charge is 2.30. The molecule has 0 spiro atoms. The van der Waals surface area contributed by atoms with Gasteiger partial charge in [-0.3, -0.25) is 5.84 Å². The van der Waals surface area contributed by atoms with Crippen molar-refractivity contribution in [3.63, 3.8) is 0 Å². The smallest absolute Gasteiger partial charge is 0.323 e. The first-order valence-electron chi connectivity index (χ1n) is 3.28. The van der Waals surface area contributed by atoms with Crippen LogP contribution < -0.4 is 11.3 Å². The van der Waals surface area contributed by atoms with Crippen molar-refractivity contribution >= 4 is 28.3 Å². The van der Waals surface area contributed by atoms with E-state index < -0.39 is 11.7 Å². The Hall–Kier alpha value is -0.500. The Kier molecular flexibility index (Phi) is 3.01. The molecule has 0 aliphatic heterocycles. The molecular weight excluding hydrogens is 296 g/mol. The van der Waals surface area contributed by atoms with E-state index in [0.29, 0.717) is 9.26 Å². The Morgan fingerprint density at radius 2 is 1.92 bits per heavy atom. The summed E-state index contributed by atoms with van der Waals surface area (Å²) in [4.78, 5) is 0. The lowest BCUT2D eigenvalue weighted by atomic mass is 10.2. The molecule has 0 amide bonds. The molecule has 0 unspecified atom stereocenters. The zero-order valence-electron chi connectivity index (χ0n) is 6.32. The number of rotatable bonds is 1. The summed E-state index contributed by atoms with van der Waals surface area (Å²) in [7, 11) is 0. The number of nitrogen functional groups attached to an aromatic ring is 1. The van der Waals surface area contributed by atoms with Gasteiger partial charge in [0.2, 0.25) is 0 Å². The molecule has 0 radical (unpaired) electrons. The van der Waals surface area contributed by atoms with Crippen molar-refractivity contribution in [2.45, 2.75) is 6.18 Å². The predicted octanol–water partition coefficient (Wildman–Crippen LogP) is 2.60. The summed E-state index contributed by atoms with van der Waals surface area (Å²) in [6, 6.07) is 3.32. The SMILES string of the molecule is NNc1ccc(C(F)(F)F)cc1I. The Balaban J connectivity index is 3.10.